The van der Waals surface area contributed by atoms with Crippen LogP contribution in [0.15, 0.2) is 0 Å². The minimum absolute atomic E-state index is 0. The number of carboxylic acid groups (broad SMARTS) is 1. The zero-order valence-corrected chi connectivity index (χ0v) is 10.1. The lowest BCUT2D eigenvalue weighted by atomic mass is 10.1. The van der Waals surface area contributed by atoms with Crippen molar-refractivity contribution in [1.82, 2.24) is 6.15 Å². The molecule has 0 amide bonds. The monoisotopic (exact) mass is 217 g/mol. The first-order chi connectivity index (χ1) is 6.77. The Balaban J connectivity index is 0. The third kappa shape index (κ3) is 16.1. The molecule has 0 aromatic carbocycles. The zero-order valence-electron chi connectivity index (χ0n) is 10.1. The van der Waals surface area contributed by atoms with Gasteiger partial charge in [0.1, 0.15) is 0 Å². The maximum atomic E-state index is 10.2. The number of rotatable bonds is 10. The van der Waals surface area contributed by atoms with E-state index in [0.29, 0.717) is 6.42 Å². The Morgan fingerprint density at radius 2 is 1.27 bits per heavy atom. The first-order valence-corrected chi connectivity index (χ1v) is 5.99. The van der Waals surface area contributed by atoms with Gasteiger partial charge in [-0.25, -0.2) is 0 Å². The average molecular weight is 217 g/mol. The summed E-state index contributed by atoms with van der Waals surface area (Å²) in [4.78, 5) is 10.2. The quantitative estimate of drug-likeness (QED) is 0.540. The van der Waals surface area contributed by atoms with Crippen molar-refractivity contribution in [2.75, 3.05) is 0 Å². The summed E-state index contributed by atoms with van der Waals surface area (Å²) in [6, 6.07) is 0. The predicted octanol–water partition coefficient (Wildman–Crippen LogP) is 4.15. The highest BCUT2D eigenvalue weighted by Gasteiger charge is 1.96. The molecule has 0 aliphatic carbocycles. The Bertz CT molecular complexity index is 138. The average Bonchev–Trinajstić information content (AvgIpc) is 2.15. The van der Waals surface area contributed by atoms with Gasteiger partial charge in [-0.1, -0.05) is 58.3 Å². The van der Waals surface area contributed by atoms with E-state index in [1.165, 1.54) is 44.9 Å². The van der Waals surface area contributed by atoms with Crippen molar-refractivity contribution in [3.8, 4) is 0 Å². The fourth-order valence-electron chi connectivity index (χ4n) is 1.59. The Labute approximate surface area is 93.8 Å². The Hall–Kier alpha value is -0.570. The zero-order chi connectivity index (χ0) is 10.6. The third-order valence-corrected chi connectivity index (χ3v) is 2.49. The van der Waals surface area contributed by atoms with Crippen LogP contribution in [0, 0.1) is 0 Å². The number of hydrogen-bond donors (Lipinski definition) is 2. The van der Waals surface area contributed by atoms with Crippen LogP contribution in [0.3, 0.4) is 0 Å². The summed E-state index contributed by atoms with van der Waals surface area (Å²) in [6.07, 6.45) is 11.5. The second-order valence-corrected chi connectivity index (χ2v) is 3.97. The minimum Gasteiger partial charge on any atom is -0.481 e. The lowest BCUT2D eigenvalue weighted by Gasteiger charge is -2.00. The standard InChI is InChI=1S/C12H24O2.H3N/c1-2-3-4-5-6-7-8-9-10-11-12(13)14;/h2-11H2,1H3,(H,13,14);1H3. The van der Waals surface area contributed by atoms with E-state index in [2.05, 4.69) is 6.92 Å². The van der Waals surface area contributed by atoms with E-state index in [1.54, 1.807) is 0 Å². The third-order valence-electron chi connectivity index (χ3n) is 2.49. The lowest BCUT2D eigenvalue weighted by Crippen LogP contribution is -1.93. The molecule has 0 fully saturated rings. The molecule has 0 unspecified atom stereocenters. The summed E-state index contributed by atoms with van der Waals surface area (Å²) in [5.74, 6) is -0.659. The van der Waals surface area contributed by atoms with E-state index >= 15 is 0 Å². The van der Waals surface area contributed by atoms with E-state index in [0.717, 1.165) is 12.8 Å². The molecule has 0 radical (unpaired) electrons. The summed E-state index contributed by atoms with van der Waals surface area (Å²) in [7, 11) is 0. The molecule has 92 valence electrons. The molecule has 0 aliphatic heterocycles. The second kappa shape index (κ2) is 13.4. The van der Waals surface area contributed by atoms with E-state index in [9.17, 15) is 4.79 Å². The Kier molecular flexibility index (Phi) is 15.1. The highest BCUT2D eigenvalue weighted by atomic mass is 16.4. The molecule has 0 heterocycles. The fourth-order valence-corrected chi connectivity index (χ4v) is 1.59. The summed E-state index contributed by atoms with van der Waals surface area (Å²) in [5, 5.41) is 8.41. The number of carboxylic acids is 1. The van der Waals surface area contributed by atoms with Gasteiger partial charge < -0.3 is 11.3 Å². The molecular weight excluding hydrogens is 190 g/mol. The smallest absolute Gasteiger partial charge is 0.303 e. The highest BCUT2D eigenvalue weighted by Crippen LogP contribution is 2.10. The van der Waals surface area contributed by atoms with Gasteiger partial charge >= 0.3 is 5.97 Å². The first kappa shape index (κ1) is 16.8. The van der Waals surface area contributed by atoms with Crippen molar-refractivity contribution in [1.29, 1.82) is 0 Å². The summed E-state index contributed by atoms with van der Waals surface area (Å²) in [5.41, 5.74) is 0. The molecule has 0 aromatic heterocycles. The lowest BCUT2D eigenvalue weighted by molar-refractivity contribution is -0.137. The van der Waals surface area contributed by atoms with E-state index < -0.39 is 5.97 Å². The Morgan fingerprint density at radius 1 is 0.867 bits per heavy atom. The van der Waals surface area contributed by atoms with E-state index in [1.807, 2.05) is 0 Å². The first-order valence-electron chi connectivity index (χ1n) is 5.99. The SMILES string of the molecule is CCCCCCCCCCCC(=O)O.N. The maximum Gasteiger partial charge on any atom is 0.303 e. The minimum atomic E-state index is -0.659. The van der Waals surface area contributed by atoms with Crippen LogP contribution in [-0.4, -0.2) is 11.1 Å². The van der Waals surface area contributed by atoms with E-state index in [-0.39, 0.29) is 6.15 Å². The van der Waals surface area contributed by atoms with Crippen molar-refractivity contribution in [2.45, 2.75) is 71.1 Å². The maximum absolute atomic E-state index is 10.2. The molecule has 0 aliphatic rings. The van der Waals surface area contributed by atoms with Gasteiger partial charge in [0.05, 0.1) is 0 Å². The van der Waals surface area contributed by atoms with Crippen molar-refractivity contribution in [3.63, 3.8) is 0 Å². The molecule has 3 heteroatoms. The molecule has 0 rings (SSSR count). The number of carbonyl (C=O) groups is 1. The molecular formula is C12H27NO2. The van der Waals surface area contributed by atoms with Crippen LogP contribution in [-0.2, 0) is 4.79 Å². The van der Waals surface area contributed by atoms with Crippen LogP contribution in [0.25, 0.3) is 0 Å². The Morgan fingerprint density at radius 3 is 1.67 bits per heavy atom. The van der Waals surface area contributed by atoms with Gasteiger partial charge in [0, 0.05) is 6.42 Å². The molecule has 0 atom stereocenters. The van der Waals surface area contributed by atoms with Gasteiger partial charge in [0.2, 0.25) is 0 Å². The van der Waals surface area contributed by atoms with E-state index in [4.69, 9.17) is 5.11 Å². The molecule has 3 nitrogen and oxygen atoms in total. The van der Waals surface area contributed by atoms with Gasteiger partial charge in [0.25, 0.3) is 0 Å². The molecule has 0 aromatic rings. The molecule has 0 saturated carbocycles. The van der Waals surface area contributed by atoms with Crippen LogP contribution in [0.4, 0.5) is 0 Å². The molecule has 4 N–H and O–H groups in total. The molecule has 0 spiro atoms. The number of aliphatic carboxylic acids is 1. The van der Waals surface area contributed by atoms with Crippen LogP contribution < -0.4 is 6.15 Å². The molecule has 0 saturated heterocycles. The second-order valence-electron chi connectivity index (χ2n) is 3.97. The van der Waals surface area contributed by atoms with Gasteiger partial charge in [-0.05, 0) is 6.42 Å². The van der Waals surface area contributed by atoms with Gasteiger partial charge in [-0.2, -0.15) is 0 Å². The van der Waals surface area contributed by atoms with Gasteiger partial charge in [-0.3, -0.25) is 4.79 Å². The van der Waals surface area contributed by atoms with Crippen molar-refractivity contribution in [3.05, 3.63) is 0 Å². The van der Waals surface area contributed by atoms with Crippen LogP contribution in [0.1, 0.15) is 71.1 Å². The highest BCUT2D eigenvalue weighted by molar-refractivity contribution is 5.66. The molecule has 15 heavy (non-hydrogen) atoms. The van der Waals surface area contributed by atoms with Crippen molar-refractivity contribution >= 4 is 5.97 Å². The summed E-state index contributed by atoms with van der Waals surface area (Å²) < 4.78 is 0. The fraction of sp³-hybridized carbons (Fsp3) is 0.917. The largest absolute Gasteiger partial charge is 0.481 e. The van der Waals surface area contributed by atoms with Crippen molar-refractivity contribution < 1.29 is 9.90 Å². The summed E-state index contributed by atoms with van der Waals surface area (Å²) in [6.45, 7) is 2.23. The number of hydrogen-bond acceptors (Lipinski definition) is 2. The van der Waals surface area contributed by atoms with Crippen molar-refractivity contribution in [2.24, 2.45) is 0 Å². The summed E-state index contributed by atoms with van der Waals surface area (Å²) >= 11 is 0. The van der Waals surface area contributed by atoms with Crippen LogP contribution >= 0.6 is 0 Å². The molecule has 0 bridgehead atoms. The number of unbranched alkanes of at least 4 members (excludes halogenated alkanes) is 8. The predicted molar refractivity (Wildman–Crippen MR) is 64.5 cm³/mol. The van der Waals surface area contributed by atoms with Crippen LogP contribution in [0.2, 0.25) is 0 Å². The van der Waals surface area contributed by atoms with Crippen LogP contribution in [0.5, 0.6) is 0 Å². The van der Waals surface area contributed by atoms with Gasteiger partial charge in [-0.15, -0.1) is 0 Å². The topological polar surface area (TPSA) is 72.3 Å². The van der Waals surface area contributed by atoms with Gasteiger partial charge in [0.15, 0.2) is 0 Å². The normalized spacial score (nSPS) is 9.67.